The molecular formula is C23H24F3N3O4S. The van der Waals surface area contributed by atoms with Gasteiger partial charge in [0.15, 0.2) is 5.69 Å². The Morgan fingerprint density at radius 2 is 2.06 bits per heavy atom. The Morgan fingerprint density at radius 3 is 2.79 bits per heavy atom. The molecule has 0 fully saturated rings. The van der Waals surface area contributed by atoms with Gasteiger partial charge >= 0.3 is 6.18 Å². The predicted molar refractivity (Wildman–Crippen MR) is 122 cm³/mol. The van der Waals surface area contributed by atoms with Crippen LogP contribution < -0.4 is 10.1 Å². The predicted octanol–water partition coefficient (Wildman–Crippen LogP) is 4.04. The van der Waals surface area contributed by atoms with Crippen molar-refractivity contribution in [3.8, 4) is 5.75 Å². The van der Waals surface area contributed by atoms with E-state index >= 15 is 0 Å². The molecule has 0 radical (unpaired) electrons. The molecular weight excluding hydrogens is 471 g/mol. The average Bonchev–Trinajstić information content (AvgIpc) is 3.12. The number of hydrogen-bond donors (Lipinski definition) is 1. The lowest BCUT2D eigenvalue weighted by Gasteiger charge is -2.16. The van der Waals surface area contributed by atoms with E-state index in [-0.39, 0.29) is 24.7 Å². The van der Waals surface area contributed by atoms with Crippen LogP contribution >= 0.6 is 11.3 Å². The van der Waals surface area contributed by atoms with Gasteiger partial charge in [-0.3, -0.25) is 14.6 Å². The number of fused-ring (bicyclic) bond motifs is 1. The number of carbonyl (C=O) groups excluding carboxylic acids is 2. The number of pyridine rings is 1. The molecule has 0 atom stereocenters. The zero-order valence-corrected chi connectivity index (χ0v) is 19.5. The van der Waals surface area contributed by atoms with Gasteiger partial charge in [0.2, 0.25) is 0 Å². The van der Waals surface area contributed by atoms with Crippen LogP contribution in [0.3, 0.4) is 0 Å². The van der Waals surface area contributed by atoms with Crippen LogP contribution in [0.5, 0.6) is 5.75 Å². The smallest absolute Gasteiger partial charge is 0.433 e. The third-order valence-electron chi connectivity index (χ3n) is 5.05. The summed E-state index contributed by atoms with van der Waals surface area (Å²) in [6.07, 6.45) is -3.48. The van der Waals surface area contributed by atoms with Crippen molar-refractivity contribution in [3.63, 3.8) is 0 Å². The number of ether oxygens (including phenoxy) is 2. The summed E-state index contributed by atoms with van der Waals surface area (Å²) in [6, 6.07) is 7.87. The molecule has 0 aliphatic heterocycles. The lowest BCUT2D eigenvalue weighted by Crippen LogP contribution is -2.34. The maximum Gasteiger partial charge on any atom is 0.433 e. The minimum atomic E-state index is -4.57. The van der Waals surface area contributed by atoms with Crippen LogP contribution in [0.15, 0.2) is 36.5 Å². The van der Waals surface area contributed by atoms with Gasteiger partial charge in [0, 0.05) is 46.4 Å². The molecule has 3 aromatic rings. The van der Waals surface area contributed by atoms with E-state index < -0.39 is 11.9 Å². The zero-order chi connectivity index (χ0) is 24.7. The lowest BCUT2D eigenvalue weighted by atomic mass is 10.1. The number of aryl methyl sites for hydroxylation is 1. The second-order valence-corrected chi connectivity index (χ2v) is 8.77. The molecule has 0 bridgehead atoms. The summed E-state index contributed by atoms with van der Waals surface area (Å²) >= 11 is 1.45. The fourth-order valence-corrected chi connectivity index (χ4v) is 4.40. The number of alkyl halides is 3. The molecule has 11 heteroatoms. The summed E-state index contributed by atoms with van der Waals surface area (Å²) < 4.78 is 50.7. The summed E-state index contributed by atoms with van der Waals surface area (Å²) in [5.74, 6) is 0.108. The molecule has 7 nitrogen and oxygen atoms in total. The Kier molecular flexibility index (Phi) is 8.46. The summed E-state index contributed by atoms with van der Waals surface area (Å²) in [4.78, 5) is 29.2. The standard InChI is InChI=1S/C23H24F3N3O4S/c1-15-20(22(31)28-8-9-29(2)10-11-32-14-30)18-12-17(5-6-19(18)34-15)33-13-16-4-3-7-27-21(16)23(24,25)26/h3-7,12,14H,8-11,13H2,1-2H3,(H,28,31). The molecule has 0 saturated heterocycles. The highest BCUT2D eigenvalue weighted by molar-refractivity contribution is 7.19. The maximum absolute atomic E-state index is 13.2. The second kappa shape index (κ2) is 11.3. The highest BCUT2D eigenvalue weighted by atomic mass is 32.1. The molecule has 34 heavy (non-hydrogen) atoms. The van der Waals surface area contributed by atoms with Gasteiger partial charge in [-0.25, -0.2) is 0 Å². The Balaban J connectivity index is 1.69. The Bertz CT molecular complexity index is 1150. The first-order chi connectivity index (χ1) is 16.2. The van der Waals surface area contributed by atoms with Crippen molar-refractivity contribution in [2.45, 2.75) is 19.7 Å². The number of likely N-dealkylation sites (N-methyl/N-ethyl adjacent to an activating group) is 1. The van der Waals surface area contributed by atoms with E-state index in [0.29, 0.717) is 42.8 Å². The number of halogens is 3. The first kappa shape index (κ1) is 25.4. The number of hydrogen-bond acceptors (Lipinski definition) is 7. The van der Waals surface area contributed by atoms with Crippen molar-refractivity contribution >= 4 is 33.8 Å². The number of benzene rings is 1. The van der Waals surface area contributed by atoms with Crippen LogP contribution in [0.1, 0.15) is 26.5 Å². The minimum absolute atomic E-state index is 0.0720. The van der Waals surface area contributed by atoms with E-state index in [0.717, 1.165) is 15.8 Å². The molecule has 2 heterocycles. The van der Waals surface area contributed by atoms with Crippen molar-refractivity contribution in [2.24, 2.45) is 0 Å². The van der Waals surface area contributed by atoms with Crippen LogP contribution in [0.25, 0.3) is 10.1 Å². The molecule has 0 saturated carbocycles. The fourth-order valence-electron chi connectivity index (χ4n) is 3.36. The first-order valence-corrected chi connectivity index (χ1v) is 11.2. The van der Waals surface area contributed by atoms with Crippen molar-refractivity contribution < 1.29 is 32.2 Å². The van der Waals surface area contributed by atoms with Crippen LogP contribution in [-0.4, -0.2) is 55.6 Å². The van der Waals surface area contributed by atoms with Gasteiger partial charge in [-0.2, -0.15) is 13.2 Å². The second-order valence-electron chi connectivity index (χ2n) is 7.51. The number of aromatic nitrogens is 1. The molecule has 0 aliphatic rings. The Morgan fingerprint density at radius 1 is 1.26 bits per heavy atom. The average molecular weight is 496 g/mol. The molecule has 1 amide bonds. The normalized spacial score (nSPS) is 11.6. The van der Waals surface area contributed by atoms with E-state index in [4.69, 9.17) is 4.74 Å². The van der Waals surface area contributed by atoms with Gasteiger partial charge in [0.25, 0.3) is 12.4 Å². The van der Waals surface area contributed by atoms with Gasteiger partial charge < -0.3 is 19.7 Å². The molecule has 0 aliphatic carbocycles. The highest BCUT2D eigenvalue weighted by Gasteiger charge is 2.35. The van der Waals surface area contributed by atoms with Crippen molar-refractivity contribution in [1.82, 2.24) is 15.2 Å². The Labute approximate surface area is 198 Å². The zero-order valence-electron chi connectivity index (χ0n) is 18.6. The SMILES string of the molecule is Cc1sc2ccc(OCc3cccnc3C(F)(F)F)cc2c1C(=O)NCCN(C)CCOC=O. The topological polar surface area (TPSA) is 80.8 Å². The van der Waals surface area contributed by atoms with Crippen molar-refractivity contribution in [3.05, 3.63) is 58.2 Å². The first-order valence-electron chi connectivity index (χ1n) is 10.4. The molecule has 0 unspecified atom stereocenters. The summed E-state index contributed by atoms with van der Waals surface area (Å²) in [7, 11) is 1.85. The van der Waals surface area contributed by atoms with Crippen LogP contribution in [0, 0.1) is 6.92 Å². The summed E-state index contributed by atoms with van der Waals surface area (Å²) in [5.41, 5.74) is -0.544. The number of nitrogens with one attached hydrogen (secondary N) is 1. The van der Waals surface area contributed by atoms with Crippen LogP contribution in [0.4, 0.5) is 13.2 Å². The molecule has 182 valence electrons. The van der Waals surface area contributed by atoms with Gasteiger partial charge in [0.05, 0.1) is 5.56 Å². The molecule has 1 N–H and O–H groups in total. The molecule has 0 spiro atoms. The van der Waals surface area contributed by atoms with Gasteiger partial charge in [-0.1, -0.05) is 6.07 Å². The molecule has 2 aromatic heterocycles. The largest absolute Gasteiger partial charge is 0.489 e. The van der Waals surface area contributed by atoms with E-state index in [9.17, 15) is 22.8 Å². The molecule has 1 aromatic carbocycles. The monoisotopic (exact) mass is 495 g/mol. The quantitative estimate of drug-likeness (QED) is 0.320. The highest BCUT2D eigenvalue weighted by Crippen LogP contribution is 2.34. The van der Waals surface area contributed by atoms with Crippen molar-refractivity contribution in [2.75, 3.05) is 33.3 Å². The third kappa shape index (κ3) is 6.45. The maximum atomic E-state index is 13.2. The lowest BCUT2D eigenvalue weighted by molar-refractivity contribution is -0.142. The molecule has 3 rings (SSSR count). The van der Waals surface area contributed by atoms with Gasteiger partial charge in [-0.05, 0) is 38.2 Å². The number of amides is 1. The Hall–Kier alpha value is -3.18. The van der Waals surface area contributed by atoms with Gasteiger partial charge in [0.1, 0.15) is 19.0 Å². The number of rotatable bonds is 11. The summed E-state index contributed by atoms with van der Waals surface area (Å²) in [6.45, 7) is 3.70. The van der Waals surface area contributed by atoms with Gasteiger partial charge in [-0.15, -0.1) is 11.3 Å². The number of carbonyl (C=O) groups is 2. The number of nitrogens with zero attached hydrogens (tertiary/aromatic N) is 2. The fraction of sp³-hybridized carbons (Fsp3) is 0.348. The summed E-state index contributed by atoms with van der Waals surface area (Å²) in [5, 5.41) is 3.56. The van der Waals surface area contributed by atoms with E-state index in [1.165, 1.54) is 23.5 Å². The number of thiophene rings is 1. The van der Waals surface area contributed by atoms with E-state index in [2.05, 4.69) is 15.0 Å². The van der Waals surface area contributed by atoms with Crippen molar-refractivity contribution in [1.29, 1.82) is 0 Å². The minimum Gasteiger partial charge on any atom is -0.489 e. The third-order valence-corrected chi connectivity index (χ3v) is 6.14. The van der Waals surface area contributed by atoms with Crippen LogP contribution in [-0.2, 0) is 22.3 Å². The van der Waals surface area contributed by atoms with E-state index in [1.54, 1.807) is 18.2 Å². The van der Waals surface area contributed by atoms with Crippen LogP contribution in [0.2, 0.25) is 0 Å². The van der Waals surface area contributed by atoms with E-state index in [1.807, 2.05) is 18.9 Å².